The van der Waals surface area contributed by atoms with Crippen molar-refractivity contribution in [3.8, 4) is 11.5 Å². The Morgan fingerprint density at radius 3 is 2.55 bits per heavy atom. The number of carbonyl (C=O) groups excluding carboxylic acids is 1. The molecular weight excluding hydrogens is 547 g/mol. The summed E-state index contributed by atoms with van der Waals surface area (Å²) in [5.41, 5.74) is 1.68. The molecule has 0 amide bonds. The Hall–Kier alpha value is -3.59. The van der Waals surface area contributed by atoms with Crippen LogP contribution in [0.1, 0.15) is 24.1 Å². The maximum Gasteiger partial charge on any atom is 0.338 e. The summed E-state index contributed by atoms with van der Waals surface area (Å²) in [4.78, 5) is 32.0. The molecule has 0 N–H and O–H groups in total. The molecule has 0 fully saturated rings. The molecule has 38 heavy (non-hydrogen) atoms. The van der Waals surface area contributed by atoms with Gasteiger partial charge in [0, 0.05) is 0 Å². The second kappa shape index (κ2) is 11.9. The third kappa shape index (κ3) is 5.48. The van der Waals surface area contributed by atoms with Gasteiger partial charge in [0.05, 0.1) is 39.0 Å². The van der Waals surface area contributed by atoms with Crippen molar-refractivity contribution in [1.29, 1.82) is 0 Å². The van der Waals surface area contributed by atoms with Crippen molar-refractivity contribution in [2.75, 3.05) is 20.3 Å². The van der Waals surface area contributed by atoms with Crippen molar-refractivity contribution < 1.29 is 19.0 Å². The van der Waals surface area contributed by atoms with Gasteiger partial charge in [0.15, 0.2) is 16.3 Å². The first-order valence-electron chi connectivity index (χ1n) is 11.5. The van der Waals surface area contributed by atoms with Crippen LogP contribution in [0.5, 0.6) is 11.5 Å². The molecule has 1 aliphatic rings. The van der Waals surface area contributed by atoms with Gasteiger partial charge in [-0.1, -0.05) is 72.0 Å². The third-order valence-corrected chi connectivity index (χ3v) is 7.40. The Labute approximate surface area is 233 Å². The first-order valence-corrected chi connectivity index (χ1v) is 13.0. The number of fused-ring (bicyclic) bond motifs is 1. The summed E-state index contributed by atoms with van der Waals surface area (Å²) in [6.07, 6.45) is 4.81. The minimum absolute atomic E-state index is 0.0156. The number of esters is 1. The predicted octanol–water partition coefficient (Wildman–Crippen LogP) is 4.84. The summed E-state index contributed by atoms with van der Waals surface area (Å²) in [7, 11) is 1.52. The molecule has 10 heteroatoms. The van der Waals surface area contributed by atoms with Gasteiger partial charge in [-0.05, 0) is 48.4 Å². The van der Waals surface area contributed by atoms with E-state index in [-0.39, 0.29) is 24.3 Å². The van der Waals surface area contributed by atoms with Crippen molar-refractivity contribution in [3.63, 3.8) is 0 Å². The van der Waals surface area contributed by atoms with Gasteiger partial charge >= 0.3 is 5.97 Å². The first kappa shape index (κ1) is 27.4. The molecule has 1 aliphatic heterocycles. The topological polar surface area (TPSA) is 79.1 Å². The van der Waals surface area contributed by atoms with E-state index in [0.29, 0.717) is 47.7 Å². The van der Waals surface area contributed by atoms with E-state index in [2.05, 4.69) is 18.2 Å². The van der Waals surface area contributed by atoms with Crippen LogP contribution in [0.2, 0.25) is 10.0 Å². The molecule has 1 aromatic heterocycles. The minimum Gasteiger partial charge on any atom is -0.493 e. The van der Waals surface area contributed by atoms with Crippen LogP contribution in [0, 0.1) is 0 Å². The molecular formula is C28H24Cl2N2O5S. The summed E-state index contributed by atoms with van der Waals surface area (Å²) < 4.78 is 18.5. The van der Waals surface area contributed by atoms with Crippen LogP contribution in [-0.2, 0) is 9.53 Å². The van der Waals surface area contributed by atoms with Gasteiger partial charge in [0.25, 0.3) is 5.56 Å². The molecule has 0 aliphatic carbocycles. The number of rotatable bonds is 9. The monoisotopic (exact) mass is 570 g/mol. The highest BCUT2D eigenvalue weighted by molar-refractivity contribution is 7.07. The van der Waals surface area contributed by atoms with Crippen LogP contribution in [0.25, 0.3) is 6.08 Å². The molecule has 0 bridgehead atoms. The zero-order valence-electron chi connectivity index (χ0n) is 20.7. The maximum absolute atomic E-state index is 13.8. The number of ether oxygens (including phenoxy) is 3. The fraction of sp³-hybridized carbons (Fsp3) is 0.179. The van der Waals surface area contributed by atoms with Gasteiger partial charge in [-0.15, -0.1) is 0 Å². The van der Waals surface area contributed by atoms with Crippen molar-refractivity contribution in [2.24, 2.45) is 4.99 Å². The Morgan fingerprint density at radius 2 is 1.87 bits per heavy atom. The summed E-state index contributed by atoms with van der Waals surface area (Å²) in [5.74, 6) is 0.344. The number of benzene rings is 2. The van der Waals surface area contributed by atoms with Crippen molar-refractivity contribution in [2.45, 2.75) is 13.0 Å². The molecule has 0 spiro atoms. The molecule has 2 aromatic carbocycles. The molecule has 4 rings (SSSR count). The third-order valence-electron chi connectivity index (χ3n) is 5.68. The molecule has 0 saturated heterocycles. The quantitative estimate of drug-likeness (QED) is 0.271. The lowest BCUT2D eigenvalue weighted by molar-refractivity contribution is -0.138. The van der Waals surface area contributed by atoms with Gasteiger partial charge in [0.2, 0.25) is 0 Å². The van der Waals surface area contributed by atoms with E-state index in [0.717, 1.165) is 0 Å². The van der Waals surface area contributed by atoms with E-state index >= 15 is 0 Å². The second-order valence-electron chi connectivity index (χ2n) is 8.15. The molecule has 0 radical (unpaired) electrons. The number of thiazole rings is 1. The first-order chi connectivity index (χ1) is 18.3. The maximum atomic E-state index is 13.8. The number of hydrogen-bond donors (Lipinski definition) is 0. The van der Waals surface area contributed by atoms with Crippen LogP contribution in [0.3, 0.4) is 0 Å². The normalized spacial score (nSPS) is 14.9. The van der Waals surface area contributed by atoms with Gasteiger partial charge in [0.1, 0.15) is 13.2 Å². The molecule has 1 atom stereocenters. The highest BCUT2D eigenvalue weighted by atomic mass is 35.5. The standard InChI is InChI=1S/C28H24Cl2N2O5S/c1-5-11-36-21-10-8-18(15-22(21)35-4)25-24(27(34)37-12-6-2)16(3)31-28-32(25)26(33)23(38-28)14-17-7-9-19(29)20(30)13-17/h5-10,13-15,25H,1-2,11-12H2,3-4H3/b23-14-. The summed E-state index contributed by atoms with van der Waals surface area (Å²) in [6, 6.07) is 9.53. The number of halogens is 2. The number of carbonyl (C=O) groups is 1. The van der Waals surface area contributed by atoms with Crippen LogP contribution in [0.4, 0.5) is 0 Å². The Kier molecular flexibility index (Phi) is 8.56. The lowest BCUT2D eigenvalue weighted by atomic mass is 9.95. The van der Waals surface area contributed by atoms with Crippen molar-refractivity contribution in [3.05, 3.63) is 114 Å². The SMILES string of the molecule is C=CCOC(=O)C1=C(C)N=c2s/c(=C\c3ccc(Cl)c(Cl)c3)c(=O)n2C1c1ccc(OCC=C)c(OC)c1. The van der Waals surface area contributed by atoms with Gasteiger partial charge in [-0.2, -0.15) is 0 Å². The zero-order valence-corrected chi connectivity index (χ0v) is 23.0. The lowest BCUT2D eigenvalue weighted by Gasteiger charge is -2.25. The highest BCUT2D eigenvalue weighted by Crippen LogP contribution is 2.36. The Balaban J connectivity index is 1.93. The van der Waals surface area contributed by atoms with E-state index in [4.69, 9.17) is 37.4 Å². The Bertz CT molecular complexity index is 1640. The number of allylic oxidation sites excluding steroid dienone is 1. The van der Waals surface area contributed by atoms with Gasteiger partial charge in [-0.25, -0.2) is 9.79 Å². The molecule has 2 heterocycles. The predicted molar refractivity (Wildman–Crippen MR) is 150 cm³/mol. The lowest BCUT2D eigenvalue weighted by Crippen LogP contribution is -2.40. The summed E-state index contributed by atoms with van der Waals surface area (Å²) >= 11 is 13.4. The average Bonchev–Trinajstić information content (AvgIpc) is 3.21. The number of hydrogen-bond acceptors (Lipinski definition) is 7. The number of aromatic nitrogens is 1. The van der Waals surface area contributed by atoms with Gasteiger partial charge in [-0.3, -0.25) is 9.36 Å². The van der Waals surface area contributed by atoms with E-state index in [1.165, 1.54) is 29.1 Å². The smallest absolute Gasteiger partial charge is 0.338 e. The van der Waals surface area contributed by atoms with Gasteiger partial charge < -0.3 is 14.2 Å². The Morgan fingerprint density at radius 1 is 1.11 bits per heavy atom. The summed E-state index contributed by atoms with van der Waals surface area (Å²) in [5, 5.41) is 0.790. The van der Waals surface area contributed by atoms with Crippen molar-refractivity contribution in [1.82, 2.24) is 4.57 Å². The van der Waals surface area contributed by atoms with E-state index in [9.17, 15) is 9.59 Å². The van der Waals surface area contributed by atoms with Crippen molar-refractivity contribution >= 4 is 46.6 Å². The second-order valence-corrected chi connectivity index (χ2v) is 9.98. The number of nitrogens with zero attached hydrogens (tertiary/aromatic N) is 2. The molecule has 0 saturated carbocycles. The largest absolute Gasteiger partial charge is 0.493 e. The number of methoxy groups -OCH3 is 1. The fourth-order valence-corrected chi connectivity index (χ4v) is 5.34. The molecule has 3 aromatic rings. The van der Waals surface area contributed by atoms with E-state index < -0.39 is 12.0 Å². The van der Waals surface area contributed by atoms with Crippen LogP contribution in [0.15, 0.2) is 82.8 Å². The minimum atomic E-state index is -0.818. The average molecular weight is 571 g/mol. The summed E-state index contributed by atoms with van der Waals surface area (Å²) in [6.45, 7) is 9.29. The zero-order chi connectivity index (χ0) is 27.4. The molecule has 7 nitrogen and oxygen atoms in total. The van der Waals surface area contributed by atoms with Crippen LogP contribution >= 0.6 is 34.5 Å². The van der Waals surface area contributed by atoms with E-state index in [1.807, 2.05) is 0 Å². The highest BCUT2D eigenvalue weighted by Gasteiger charge is 2.34. The van der Waals surface area contributed by atoms with Crippen LogP contribution < -0.4 is 24.4 Å². The van der Waals surface area contributed by atoms with E-state index in [1.54, 1.807) is 55.5 Å². The molecule has 196 valence electrons. The van der Waals surface area contributed by atoms with Crippen LogP contribution in [-0.4, -0.2) is 30.9 Å². The molecule has 1 unspecified atom stereocenters. The fourth-order valence-electron chi connectivity index (χ4n) is 3.99.